The van der Waals surface area contributed by atoms with Crippen LogP contribution in [-0.4, -0.2) is 54.3 Å². The molecule has 11 heteroatoms. The summed E-state index contributed by atoms with van der Waals surface area (Å²) in [4.78, 5) is 15.3. The number of aliphatic hydroxyl groups excluding tert-OH is 1. The first kappa shape index (κ1) is 25.7. The Hall–Kier alpha value is -2.59. The average molecular weight is 567 g/mol. The normalized spacial score (nSPS) is 22.6. The molecule has 202 valence electrons. The molecule has 1 saturated heterocycles. The summed E-state index contributed by atoms with van der Waals surface area (Å²) in [6, 6.07) is 8.67. The van der Waals surface area contributed by atoms with Crippen LogP contribution in [0.2, 0.25) is 10.0 Å². The molecule has 3 aliphatic rings. The molecular formula is C27H26Cl2F2N2O5. The van der Waals surface area contributed by atoms with E-state index in [2.05, 4.69) is 10.2 Å². The Morgan fingerprint density at radius 1 is 1.16 bits per heavy atom. The summed E-state index contributed by atoms with van der Waals surface area (Å²) < 4.78 is 47.5. The minimum absolute atomic E-state index is 0.0472. The molecular weight excluding hydrogens is 541 g/mol. The van der Waals surface area contributed by atoms with Crippen LogP contribution < -0.4 is 14.8 Å². The van der Waals surface area contributed by atoms with E-state index in [1.54, 1.807) is 18.2 Å². The Kier molecular flexibility index (Phi) is 6.66. The summed E-state index contributed by atoms with van der Waals surface area (Å²) in [6.07, 6.45) is 1.89. The fourth-order valence-electron chi connectivity index (χ4n) is 5.84. The second-order valence-electron chi connectivity index (χ2n) is 10.1. The van der Waals surface area contributed by atoms with Crippen LogP contribution >= 0.6 is 23.2 Å². The Labute approximate surface area is 227 Å². The van der Waals surface area contributed by atoms with Gasteiger partial charge < -0.3 is 24.3 Å². The summed E-state index contributed by atoms with van der Waals surface area (Å²) in [5.74, 6) is -5.20. The van der Waals surface area contributed by atoms with Gasteiger partial charge in [-0.05, 0) is 55.0 Å². The van der Waals surface area contributed by atoms with Crippen molar-refractivity contribution in [2.75, 3.05) is 26.3 Å². The molecule has 1 amide bonds. The van der Waals surface area contributed by atoms with E-state index in [1.165, 1.54) is 18.2 Å². The van der Waals surface area contributed by atoms with Gasteiger partial charge in [-0.1, -0.05) is 35.3 Å². The number of hydrogen-bond donors (Lipinski definition) is 2. The fraction of sp³-hybridized carbons (Fsp3) is 0.444. The van der Waals surface area contributed by atoms with Crippen molar-refractivity contribution in [2.45, 2.75) is 43.4 Å². The number of alkyl halides is 2. The second kappa shape index (κ2) is 9.86. The van der Waals surface area contributed by atoms with Crippen molar-refractivity contribution in [1.82, 2.24) is 10.2 Å². The molecule has 2 unspecified atom stereocenters. The molecule has 3 aromatic rings. The molecule has 1 aliphatic carbocycles. The van der Waals surface area contributed by atoms with Crippen LogP contribution in [0.25, 0.3) is 11.0 Å². The van der Waals surface area contributed by atoms with Crippen LogP contribution in [-0.2, 0) is 10.7 Å². The van der Waals surface area contributed by atoms with Gasteiger partial charge in [0.1, 0.15) is 24.9 Å². The van der Waals surface area contributed by atoms with Gasteiger partial charge >= 0.3 is 5.92 Å². The van der Waals surface area contributed by atoms with Gasteiger partial charge in [-0.2, -0.15) is 8.78 Å². The van der Waals surface area contributed by atoms with Gasteiger partial charge in [-0.15, -0.1) is 0 Å². The smallest absolute Gasteiger partial charge is 0.382 e. The highest BCUT2D eigenvalue weighted by Crippen LogP contribution is 2.43. The van der Waals surface area contributed by atoms with Gasteiger partial charge in [-0.3, -0.25) is 9.69 Å². The van der Waals surface area contributed by atoms with Gasteiger partial charge in [-0.25, -0.2) is 0 Å². The third-order valence-corrected chi connectivity index (χ3v) is 8.41. The topological polar surface area (TPSA) is 84.2 Å². The van der Waals surface area contributed by atoms with Gasteiger partial charge in [0.2, 0.25) is 5.76 Å². The number of rotatable bonds is 7. The monoisotopic (exact) mass is 566 g/mol. The van der Waals surface area contributed by atoms with Gasteiger partial charge in [0.15, 0.2) is 11.5 Å². The lowest BCUT2D eigenvalue weighted by atomic mass is 9.99. The first-order valence-electron chi connectivity index (χ1n) is 12.6. The second-order valence-corrected chi connectivity index (χ2v) is 10.9. The van der Waals surface area contributed by atoms with E-state index in [-0.39, 0.29) is 22.5 Å². The first-order valence-corrected chi connectivity index (χ1v) is 13.4. The number of carbonyl (C=O) groups excluding carboxylic acids is 1. The summed E-state index contributed by atoms with van der Waals surface area (Å²) in [5, 5.41) is 13.6. The number of aliphatic hydroxyl groups is 1. The van der Waals surface area contributed by atoms with Crippen LogP contribution in [0.5, 0.6) is 11.5 Å². The van der Waals surface area contributed by atoms with Crippen molar-refractivity contribution in [3.05, 3.63) is 57.8 Å². The van der Waals surface area contributed by atoms with E-state index in [4.69, 9.17) is 37.1 Å². The molecule has 1 saturated carbocycles. The number of amides is 1. The molecule has 6 rings (SSSR count). The third kappa shape index (κ3) is 4.49. The van der Waals surface area contributed by atoms with Crippen molar-refractivity contribution in [2.24, 2.45) is 5.92 Å². The highest BCUT2D eigenvalue weighted by atomic mass is 35.5. The molecule has 38 heavy (non-hydrogen) atoms. The van der Waals surface area contributed by atoms with Crippen LogP contribution in [0.3, 0.4) is 0 Å². The van der Waals surface area contributed by atoms with E-state index in [9.17, 15) is 9.90 Å². The number of carbonyl (C=O) groups is 1. The zero-order valence-corrected chi connectivity index (χ0v) is 21.8. The number of nitrogens with zero attached hydrogens (tertiary/aromatic N) is 1. The number of furan rings is 1. The summed E-state index contributed by atoms with van der Waals surface area (Å²) in [6.45, 7) is 1.78. The predicted octanol–water partition coefficient (Wildman–Crippen LogP) is 5.31. The van der Waals surface area contributed by atoms with Gasteiger partial charge in [0.05, 0.1) is 21.5 Å². The van der Waals surface area contributed by atoms with Crippen molar-refractivity contribution in [3.63, 3.8) is 0 Å². The number of fused-ring (bicyclic) bond motifs is 4. The molecule has 2 bridgehead atoms. The van der Waals surface area contributed by atoms with Crippen molar-refractivity contribution < 1.29 is 32.6 Å². The number of benzene rings is 2. The van der Waals surface area contributed by atoms with Crippen LogP contribution in [0, 0.1) is 5.92 Å². The number of halogens is 4. The third-order valence-electron chi connectivity index (χ3n) is 7.74. The molecule has 2 N–H and O–H groups in total. The number of ether oxygens (including phenoxy) is 2. The zero-order chi connectivity index (χ0) is 26.6. The Bertz CT molecular complexity index is 1380. The molecule has 2 aliphatic heterocycles. The Morgan fingerprint density at radius 3 is 2.66 bits per heavy atom. The minimum Gasteiger partial charge on any atom is -0.486 e. The van der Waals surface area contributed by atoms with Gasteiger partial charge in [0.25, 0.3) is 5.91 Å². The number of piperidine rings is 1. The SMILES string of the molecule is O=C(N[C@H](CN1CC2CCC1C2)[C@H](O)c1ccc2c(c1)OCCO2)C(F)(F)c1oc2cccc(Cl)c2c1Cl. The number of nitrogens with one attached hydrogen (secondary N) is 1. The quantitative estimate of drug-likeness (QED) is 0.403. The number of likely N-dealkylation sites (tertiary alicyclic amines) is 1. The lowest BCUT2D eigenvalue weighted by Crippen LogP contribution is -2.52. The van der Waals surface area contributed by atoms with E-state index < -0.39 is 34.8 Å². The van der Waals surface area contributed by atoms with Crippen LogP contribution in [0.15, 0.2) is 40.8 Å². The van der Waals surface area contributed by atoms with Crippen LogP contribution in [0.4, 0.5) is 8.78 Å². The molecule has 4 atom stereocenters. The number of hydrogen-bond acceptors (Lipinski definition) is 6. The van der Waals surface area contributed by atoms with E-state index in [0.717, 1.165) is 25.8 Å². The average Bonchev–Trinajstić information content (AvgIpc) is 3.63. The van der Waals surface area contributed by atoms with Crippen LogP contribution in [0.1, 0.15) is 36.7 Å². The van der Waals surface area contributed by atoms with E-state index in [1.807, 2.05) is 0 Å². The molecule has 2 fully saturated rings. The Morgan fingerprint density at radius 2 is 1.95 bits per heavy atom. The predicted molar refractivity (Wildman–Crippen MR) is 137 cm³/mol. The standard InChI is InChI=1S/C27H26Cl2F2N2O5/c28-17-2-1-3-20-22(17)23(29)25(38-20)27(30,31)26(35)32-18(13-33-12-14-4-6-16(33)10-14)24(34)15-5-7-19-21(11-15)37-9-8-36-19/h1-3,5,7,11,14,16,18,24,34H,4,6,8-10,12-13H2,(H,32,35)/t14?,16?,18-,24-/m1/s1. The van der Waals surface area contributed by atoms with Gasteiger partial charge in [0, 0.05) is 19.1 Å². The lowest BCUT2D eigenvalue weighted by molar-refractivity contribution is -0.151. The van der Waals surface area contributed by atoms with E-state index >= 15 is 8.78 Å². The molecule has 3 heterocycles. The summed E-state index contributed by atoms with van der Waals surface area (Å²) in [5.41, 5.74) is 0.465. The van der Waals surface area contributed by atoms with E-state index in [0.29, 0.717) is 42.2 Å². The Balaban J connectivity index is 1.29. The highest BCUT2D eigenvalue weighted by Gasteiger charge is 2.49. The minimum atomic E-state index is -4.12. The molecule has 0 radical (unpaired) electrons. The zero-order valence-electron chi connectivity index (χ0n) is 20.3. The van der Waals surface area contributed by atoms with Crippen molar-refractivity contribution in [1.29, 1.82) is 0 Å². The van der Waals surface area contributed by atoms with Crippen molar-refractivity contribution >= 4 is 40.1 Å². The molecule has 7 nitrogen and oxygen atoms in total. The molecule has 0 spiro atoms. The largest absolute Gasteiger partial charge is 0.486 e. The maximum Gasteiger partial charge on any atom is 0.382 e. The first-order chi connectivity index (χ1) is 18.2. The maximum atomic E-state index is 15.5. The summed E-state index contributed by atoms with van der Waals surface area (Å²) in [7, 11) is 0. The molecule has 2 aromatic carbocycles. The maximum absolute atomic E-state index is 15.5. The summed E-state index contributed by atoms with van der Waals surface area (Å²) >= 11 is 12.3. The fourth-order valence-corrected chi connectivity index (χ4v) is 6.50. The van der Waals surface area contributed by atoms with Crippen molar-refractivity contribution in [3.8, 4) is 11.5 Å². The highest BCUT2D eigenvalue weighted by molar-refractivity contribution is 6.42. The molecule has 1 aromatic heterocycles. The lowest BCUT2D eigenvalue weighted by Gasteiger charge is -2.34.